The normalized spacial score (nSPS) is 32.6. The van der Waals surface area contributed by atoms with Crippen molar-refractivity contribution in [1.82, 2.24) is 5.32 Å². The van der Waals surface area contributed by atoms with Crippen LogP contribution in [-0.4, -0.2) is 35.8 Å². The van der Waals surface area contributed by atoms with Crippen LogP contribution in [0.5, 0.6) is 0 Å². The summed E-state index contributed by atoms with van der Waals surface area (Å²) in [5, 5.41) is 3.74. The van der Waals surface area contributed by atoms with Crippen LogP contribution in [0.25, 0.3) is 0 Å². The summed E-state index contributed by atoms with van der Waals surface area (Å²) in [6.45, 7) is 9.89. The van der Waals surface area contributed by atoms with E-state index in [4.69, 9.17) is 4.74 Å². The molecule has 0 aromatic heterocycles. The summed E-state index contributed by atoms with van der Waals surface area (Å²) in [7, 11) is 0. The summed E-state index contributed by atoms with van der Waals surface area (Å²) in [6, 6.07) is 1.26. The average Bonchev–Trinajstić information content (AvgIpc) is 2.26. The Bertz CT molecular complexity index is 200. The molecule has 1 rings (SSSR count). The maximum Gasteiger partial charge on any atom is 0.0666 e. The number of ether oxygens (including phenoxy) is 1. The zero-order valence-corrected chi connectivity index (χ0v) is 12.0. The minimum Gasteiger partial charge on any atom is -0.375 e. The van der Waals surface area contributed by atoms with E-state index in [1.165, 1.54) is 11.5 Å². The molecule has 1 heterocycles. The molecular formula is C13H27NOS. The SMILES string of the molecule is CCSCC(C)NC1CCOC(C)(CC)C1. The Labute approximate surface area is 105 Å². The molecule has 1 saturated heterocycles. The van der Waals surface area contributed by atoms with E-state index >= 15 is 0 Å². The van der Waals surface area contributed by atoms with Gasteiger partial charge in [0.2, 0.25) is 0 Å². The molecule has 1 aliphatic rings. The molecule has 0 saturated carbocycles. The van der Waals surface area contributed by atoms with Gasteiger partial charge in [0.15, 0.2) is 0 Å². The fraction of sp³-hybridized carbons (Fsp3) is 1.00. The third-order valence-electron chi connectivity index (χ3n) is 3.44. The molecule has 3 atom stereocenters. The van der Waals surface area contributed by atoms with Crippen LogP contribution < -0.4 is 5.32 Å². The van der Waals surface area contributed by atoms with Crippen LogP contribution in [0, 0.1) is 0 Å². The molecule has 0 aromatic carbocycles. The highest BCUT2D eigenvalue weighted by molar-refractivity contribution is 7.99. The van der Waals surface area contributed by atoms with E-state index in [0.717, 1.165) is 25.9 Å². The zero-order valence-electron chi connectivity index (χ0n) is 11.2. The highest BCUT2D eigenvalue weighted by Gasteiger charge is 2.31. The van der Waals surface area contributed by atoms with Gasteiger partial charge in [-0.25, -0.2) is 0 Å². The predicted molar refractivity (Wildman–Crippen MR) is 73.3 cm³/mol. The first-order valence-electron chi connectivity index (χ1n) is 6.57. The van der Waals surface area contributed by atoms with E-state index in [9.17, 15) is 0 Å². The van der Waals surface area contributed by atoms with Crippen LogP contribution in [0.15, 0.2) is 0 Å². The summed E-state index contributed by atoms with van der Waals surface area (Å²) >= 11 is 2.02. The highest BCUT2D eigenvalue weighted by atomic mass is 32.2. The van der Waals surface area contributed by atoms with E-state index in [1.54, 1.807) is 0 Å². The quantitative estimate of drug-likeness (QED) is 0.777. The van der Waals surface area contributed by atoms with E-state index in [-0.39, 0.29) is 5.60 Å². The van der Waals surface area contributed by atoms with Gasteiger partial charge in [-0.3, -0.25) is 0 Å². The van der Waals surface area contributed by atoms with Crippen molar-refractivity contribution in [2.45, 2.75) is 64.6 Å². The van der Waals surface area contributed by atoms with Crippen molar-refractivity contribution in [3.05, 3.63) is 0 Å². The van der Waals surface area contributed by atoms with E-state index in [2.05, 4.69) is 33.0 Å². The molecule has 3 unspecified atom stereocenters. The third kappa shape index (κ3) is 4.64. The summed E-state index contributed by atoms with van der Waals surface area (Å²) in [4.78, 5) is 0. The monoisotopic (exact) mass is 245 g/mol. The number of hydrogen-bond donors (Lipinski definition) is 1. The molecule has 0 amide bonds. The lowest BCUT2D eigenvalue weighted by atomic mass is 9.89. The fourth-order valence-corrected chi connectivity index (χ4v) is 2.95. The molecule has 2 nitrogen and oxygen atoms in total. The standard InChI is InChI=1S/C13H27NOS/c1-5-13(4)9-12(7-8-15-13)14-11(3)10-16-6-2/h11-12,14H,5-10H2,1-4H3. The molecule has 0 spiro atoms. The van der Waals surface area contributed by atoms with E-state index < -0.39 is 0 Å². The molecule has 0 bridgehead atoms. The molecule has 0 aromatic rings. The Morgan fingerprint density at radius 2 is 2.25 bits per heavy atom. The van der Waals surface area contributed by atoms with Gasteiger partial charge in [0.05, 0.1) is 5.60 Å². The van der Waals surface area contributed by atoms with Gasteiger partial charge in [0.1, 0.15) is 0 Å². The fourth-order valence-electron chi connectivity index (χ4n) is 2.26. The van der Waals surface area contributed by atoms with Gasteiger partial charge in [0, 0.05) is 24.4 Å². The Morgan fingerprint density at radius 1 is 1.50 bits per heavy atom. The lowest BCUT2D eigenvalue weighted by molar-refractivity contribution is -0.0786. The molecule has 0 radical (unpaired) electrons. The topological polar surface area (TPSA) is 21.3 Å². The molecule has 3 heteroatoms. The lowest BCUT2D eigenvalue weighted by Gasteiger charge is -2.39. The van der Waals surface area contributed by atoms with Gasteiger partial charge in [0.25, 0.3) is 0 Å². The van der Waals surface area contributed by atoms with Crippen molar-refractivity contribution < 1.29 is 4.74 Å². The first-order chi connectivity index (χ1) is 7.59. The summed E-state index contributed by atoms with van der Waals surface area (Å²) in [5.74, 6) is 2.43. The molecule has 16 heavy (non-hydrogen) atoms. The molecule has 0 aliphatic carbocycles. The Kier molecular flexibility index (Phi) is 6.16. The van der Waals surface area contributed by atoms with Gasteiger partial charge in [-0.2, -0.15) is 11.8 Å². The second kappa shape index (κ2) is 6.87. The zero-order chi connectivity index (χ0) is 12.0. The predicted octanol–water partition coefficient (Wildman–Crippen LogP) is 3.07. The van der Waals surface area contributed by atoms with Gasteiger partial charge in [-0.1, -0.05) is 13.8 Å². The number of rotatable bonds is 6. The molecule has 96 valence electrons. The second-order valence-electron chi connectivity index (χ2n) is 5.07. The number of thioether (sulfide) groups is 1. The Morgan fingerprint density at radius 3 is 2.88 bits per heavy atom. The number of hydrogen-bond acceptors (Lipinski definition) is 3. The smallest absolute Gasteiger partial charge is 0.0666 e. The first kappa shape index (κ1) is 14.3. The van der Waals surface area contributed by atoms with Gasteiger partial charge in [-0.05, 0) is 38.9 Å². The second-order valence-corrected chi connectivity index (χ2v) is 6.39. The van der Waals surface area contributed by atoms with Crippen LogP contribution in [0.4, 0.5) is 0 Å². The van der Waals surface area contributed by atoms with Crippen LogP contribution in [0.1, 0.15) is 47.0 Å². The van der Waals surface area contributed by atoms with E-state index in [1.807, 2.05) is 11.8 Å². The summed E-state index contributed by atoms with van der Waals surface area (Å²) in [5.41, 5.74) is 0.105. The van der Waals surface area contributed by atoms with Gasteiger partial charge in [-0.15, -0.1) is 0 Å². The highest BCUT2D eigenvalue weighted by Crippen LogP contribution is 2.27. The van der Waals surface area contributed by atoms with Crippen molar-refractivity contribution in [1.29, 1.82) is 0 Å². The Balaban J connectivity index is 2.31. The molecule has 1 fully saturated rings. The minimum absolute atomic E-state index is 0.105. The van der Waals surface area contributed by atoms with E-state index in [0.29, 0.717) is 12.1 Å². The third-order valence-corrected chi connectivity index (χ3v) is 4.58. The molecular weight excluding hydrogens is 218 g/mol. The van der Waals surface area contributed by atoms with Crippen LogP contribution in [-0.2, 0) is 4.74 Å². The summed E-state index contributed by atoms with van der Waals surface area (Å²) < 4.78 is 5.86. The largest absolute Gasteiger partial charge is 0.375 e. The maximum atomic E-state index is 5.86. The van der Waals surface area contributed by atoms with Crippen LogP contribution in [0.2, 0.25) is 0 Å². The average molecular weight is 245 g/mol. The van der Waals surface area contributed by atoms with Crippen molar-refractivity contribution in [2.75, 3.05) is 18.1 Å². The lowest BCUT2D eigenvalue weighted by Crippen LogP contribution is -2.48. The van der Waals surface area contributed by atoms with Gasteiger partial charge >= 0.3 is 0 Å². The van der Waals surface area contributed by atoms with Gasteiger partial charge < -0.3 is 10.1 Å². The molecule has 1 N–H and O–H groups in total. The van der Waals surface area contributed by atoms with Crippen LogP contribution in [0.3, 0.4) is 0 Å². The minimum atomic E-state index is 0.105. The number of nitrogens with one attached hydrogen (secondary N) is 1. The maximum absolute atomic E-state index is 5.86. The van der Waals surface area contributed by atoms with Crippen molar-refractivity contribution in [3.63, 3.8) is 0 Å². The van der Waals surface area contributed by atoms with Crippen molar-refractivity contribution in [3.8, 4) is 0 Å². The van der Waals surface area contributed by atoms with Crippen molar-refractivity contribution in [2.24, 2.45) is 0 Å². The molecule has 1 aliphatic heterocycles. The van der Waals surface area contributed by atoms with Crippen molar-refractivity contribution >= 4 is 11.8 Å². The van der Waals surface area contributed by atoms with Crippen LogP contribution >= 0.6 is 11.8 Å². The summed E-state index contributed by atoms with van der Waals surface area (Å²) in [6.07, 6.45) is 3.44. The Hall–Kier alpha value is 0.270. The first-order valence-corrected chi connectivity index (χ1v) is 7.73.